The maximum Gasteiger partial charge on any atom is 0.282 e. The van der Waals surface area contributed by atoms with Gasteiger partial charge < -0.3 is 10.1 Å². The molecule has 0 aliphatic carbocycles. The lowest BCUT2D eigenvalue weighted by molar-refractivity contribution is -0.120. The molecule has 0 bridgehead atoms. The van der Waals surface area contributed by atoms with Crippen LogP contribution in [0, 0.1) is 0 Å². The summed E-state index contributed by atoms with van der Waals surface area (Å²) >= 11 is 0. The number of hydrogen-bond acceptors (Lipinski definition) is 4. The minimum Gasteiger partial charge on any atom is -0.497 e. The summed E-state index contributed by atoms with van der Waals surface area (Å²) in [7, 11) is 1.60. The van der Waals surface area contributed by atoms with E-state index in [1.807, 2.05) is 78.9 Å². The maximum atomic E-state index is 13.6. The Kier molecular flexibility index (Phi) is 4.92. The zero-order valence-electron chi connectivity index (χ0n) is 17.4. The van der Waals surface area contributed by atoms with E-state index in [0.717, 1.165) is 10.8 Å². The van der Waals surface area contributed by atoms with Gasteiger partial charge in [0.2, 0.25) is 0 Å². The van der Waals surface area contributed by atoms with Crippen LogP contribution in [0.1, 0.15) is 5.56 Å². The van der Waals surface area contributed by atoms with Crippen molar-refractivity contribution in [3.63, 3.8) is 0 Å². The van der Waals surface area contributed by atoms with Crippen LogP contribution in [-0.2, 0) is 9.59 Å². The zero-order valence-corrected chi connectivity index (χ0v) is 17.4. The molecule has 0 fully saturated rings. The van der Waals surface area contributed by atoms with Crippen LogP contribution in [0.4, 0.5) is 11.4 Å². The first-order valence-corrected chi connectivity index (χ1v) is 10.2. The fourth-order valence-corrected chi connectivity index (χ4v) is 3.96. The number of anilines is 2. The van der Waals surface area contributed by atoms with Crippen LogP contribution in [0.25, 0.3) is 16.3 Å². The van der Waals surface area contributed by atoms with Crippen molar-refractivity contribution in [2.24, 2.45) is 0 Å². The van der Waals surface area contributed by atoms with Gasteiger partial charge in [-0.3, -0.25) is 9.59 Å². The smallest absolute Gasteiger partial charge is 0.282 e. The minimum atomic E-state index is -0.388. The topological polar surface area (TPSA) is 58.6 Å². The van der Waals surface area contributed by atoms with Crippen molar-refractivity contribution in [2.75, 3.05) is 17.3 Å². The Hall–Kier alpha value is -4.38. The number of imide groups is 1. The third-order valence-corrected chi connectivity index (χ3v) is 5.51. The van der Waals surface area contributed by atoms with Gasteiger partial charge in [0.1, 0.15) is 11.4 Å². The highest BCUT2D eigenvalue weighted by Gasteiger charge is 2.40. The molecule has 0 radical (unpaired) electrons. The van der Waals surface area contributed by atoms with Crippen molar-refractivity contribution < 1.29 is 14.3 Å². The summed E-state index contributed by atoms with van der Waals surface area (Å²) in [5, 5.41) is 4.98. The predicted octanol–water partition coefficient (Wildman–Crippen LogP) is 5.25. The van der Waals surface area contributed by atoms with Gasteiger partial charge in [0, 0.05) is 11.1 Å². The first-order chi connectivity index (χ1) is 15.7. The Morgan fingerprint density at radius 2 is 1.41 bits per heavy atom. The average molecular weight is 420 g/mol. The van der Waals surface area contributed by atoms with Crippen molar-refractivity contribution in [3.8, 4) is 5.75 Å². The van der Waals surface area contributed by atoms with Crippen LogP contribution >= 0.6 is 0 Å². The van der Waals surface area contributed by atoms with E-state index in [1.165, 1.54) is 4.90 Å². The molecular formula is C27H20N2O3. The fourth-order valence-electron chi connectivity index (χ4n) is 3.96. The number of rotatable bonds is 5. The molecule has 1 N–H and O–H groups in total. The Labute approximate surface area is 185 Å². The molecule has 5 heteroatoms. The SMILES string of the molecule is COc1ccc(NC2=C(c3ccccc3)C(=O)N(c3cccc4ccccc34)C2=O)cc1. The van der Waals surface area contributed by atoms with Crippen molar-refractivity contribution in [1.29, 1.82) is 0 Å². The molecule has 0 saturated heterocycles. The van der Waals surface area contributed by atoms with E-state index in [-0.39, 0.29) is 17.5 Å². The van der Waals surface area contributed by atoms with E-state index in [4.69, 9.17) is 4.74 Å². The molecule has 1 heterocycles. The fraction of sp³-hybridized carbons (Fsp3) is 0.0370. The normalized spacial score (nSPS) is 13.7. The molecule has 2 amide bonds. The quantitative estimate of drug-likeness (QED) is 0.448. The summed E-state index contributed by atoms with van der Waals surface area (Å²) in [6.45, 7) is 0. The highest BCUT2D eigenvalue weighted by Crippen LogP contribution is 2.36. The van der Waals surface area contributed by atoms with E-state index in [1.54, 1.807) is 25.3 Å². The second-order valence-corrected chi connectivity index (χ2v) is 7.41. The van der Waals surface area contributed by atoms with E-state index >= 15 is 0 Å². The summed E-state index contributed by atoms with van der Waals surface area (Å²) in [6.07, 6.45) is 0. The van der Waals surface area contributed by atoms with E-state index in [9.17, 15) is 9.59 Å². The molecule has 0 saturated carbocycles. The molecule has 0 unspecified atom stereocenters. The average Bonchev–Trinajstić information content (AvgIpc) is 3.08. The molecule has 156 valence electrons. The van der Waals surface area contributed by atoms with Gasteiger partial charge in [-0.25, -0.2) is 4.90 Å². The van der Waals surface area contributed by atoms with Gasteiger partial charge in [0.05, 0.1) is 18.4 Å². The van der Waals surface area contributed by atoms with Gasteiger partial charge in [0.25, 0.3) is 11.8 Å². The Morgan fingerprint density at radius 1 is 0.719 bits per heavy atom. The predicted molar refractivity (Wildman–Crippen MR) is 126 cm³/mol. The van der Waals surface area contributed by atoms with Crippen molar-refractivity contribution in [3.05, 3.63) is 108 Å². The Morgan fingerprint density at radius 3 is 2.16 bits per heavy atom. The number of fused-ring (bicyclic) bond motifs is 1. The number of amides is 2. The number of nitrogens with one attached hydrogen (secondary N) is 1. The number of nitrogens with zero attached hydrogens (tertiary/aromatic N) is 1. The van der Waals surface area contributed by atoms with Crippen LogP contribution in [0.2, 0.25) is 0 Å². The summed E-state index contributed by atoms with van der Waals surface area (Å²) in [4.78, 5) is 28.5. The summed E-state index contributed by atoms with van der Waals surface area (Å²) < 4.78 is 5.21. The lowest BCUT2D eigenvalue weighted by Gasteiger charge is -2.18. The molecule has 5 rings (SSSR count). The van der Waals surface area contributed by atoms with E-state index in [0.29, 0.717) is 28.3 Å². The lowest BCUT2D eigenvalue weighted by atomic mass is 10.0. The first-order valence-electron chi connectivity index (χ1n) is 10.2. The van der Waals surface area contributed by atoms with Crippen molar-refractivity contribution in [1.82, 2.24) is 0 Å². The Bertz CT molecular complexity index is 1350. The van der Waals surface area contributed by atoms with Gasteiger partial charge >= 0.3 is 0 Å². The highest BCUT2D eigenvalue weighted by molar-refractivity contribution is 6.47. The molecule has 1 aliphatic rings. The van der Waals surface area contributed by atoms with Crippen molar-refractivity contribution >= 4 is 39.5 Å². The molecule has 5 nitrogen and oxygen atoms in total. The first kappa shape index (κ1) is 19.6. The molecule has 4 aromatic rings. The minimum absolute atomic E-state index is 0.249. The Balaban J connectivity index is 1.63. The number of benzene rings is 4. The lowest BCUT2D eigenvalue weighted by Crippen LogP contribution is -2.32. The summed E-state index contributed by atoms with van der Waals surface area (Å²) in [5.41, 5.74) is 2.54. The van der Waals surface area contributed by atoms with Crippen LogP contribution < -0.4 is 15.0 Å². The number of methoxy groups -OCH3 is 1. The third kappa shape index (κ3) is 3.30. The number of ether oxygens (including phenoxy) is 1. The molecule has 4 aromatic carbocycles. The van der Waals surface area contributed by atoms with Crippen molar-refractivity contribution in [2.45, 2.75) is 0 Å². The monoisotopic (exact) mass is 420 g/mol. The van der Waals surface area contributed by atoms with Gasteiger partial charge in [-0.15, -0.1) is 0 Å². The van der Waals surface area contributed by atoms with Crippen LogP contribution in [0.15, 0.2) is 103 Å². The van der Waals surface area contributed by atoms with E-state index in [2.05, 4.69) is 5.32 Å². The molecule has 32 heavy (non-hydrogen) atoms. The highest BCUT2D eigenvalue weighted by atomic mass is 16.5. The molecule has 0 spiro atoms. The maximum absolute atomic E-state index is 13.6. The number of hydrogen-bond donors (Lipinski definition) is 1. The summed E-state index contributed by atoms with van der Waals surface area (Å²) in [6, 6.07) is 29.8. The van der Waals surface area contributed by atoms with Gasteiger partial charge in [-0.2, -0.15) is 0 Å². The molecule has 0 atom stereocenters. The zero-order chi connectivity index (χ0) is 22.1. The molecule has 1 aliphatic heterocycles. The van der Waals surface area contributed by atoms with Crippen LogP contribution in [0.5, 0.6) is 5.75 Å². The molecule has 0 aromatic heterocycles. The third-order valence-electron chi connectivity index (χ3n) is 5.51. The summed E-state index contributed by atoms with van der Waals surface area (Å²) in [5.74, 6) is -0.0337. The second kappa shape index (κ2) is 8.04. The van der Waals surface area contributed by atoms with Gasteiger partial charge in [-0.05, 0) is 41.3 Å². The van der Waals surface area contributed by atoms with Crippen LogP contribution in [-0.4, -0.2) is 18.9 Å². The van der Waals surface area contributed by atoms with Gasteiger partial charge in [0.15, 0.2) is 0 Å². The molecular weight excluding hydrogens is 400 g/mol. The number of carbonyl (C=O) groups excluding carboxylic acids is 2. The van der Waals surface area contributed by atoms with E-state index < -0.39 is 0 Å². The number of carbonyl (C=O) groups is 2. The van der Waals surface area contributed by atoms with Crippen LogP contribution in [0.3, 0.4) is 0 Å². The largest absolute Gasteiger partial charge is 0.497 e. The van der Waals surface area contributed by atoms with Gasteiger partial charge in [-0.1, -0.05) is 66.7 Å². The standard InChI is InChI=1S/C27H20N2O3/c1-32-21-16-14-20(15-17-21)28-25-24(19-9-3-2-4-10-19)26(30)29(27(25)31)23-13-7-11-18-8-5-6-12-22(18)23/h2-17,28H,1H3. The second-order valence-electron chi connectivity index (χ2n) is 7.41.